The number of rotatable bonds is 0. The number of hydrogen-bond acceptors (Lipinski definition) is 4. The molecule has 0 spiro atoms. The minimum atomic E-state index is 0.249. The molecule has 0 amide bonds. The van der Waals surface area contributed by atoms with E-state index in [-0.39, 0.29) is 5.95 Å². The zero-order valence-electron chi connectivity index (χ0n) is 8.07. The van der Waals surface area contributed by atoms with E-state index >= 15 is 0 Å². The number of nitrogens with zero attached hydrogens (tertiary/aromatic N) is 2. The summed E-state index contributed by atoms with van der Waals surface area (Å²) in [6.07, 6.45) is 0.794. The summed E-state index contributed by atoms with van der Waals surface area (Å²) < 4.78 is 0. The maximum atomic E-state index is 5.86. The maximum absolute atomic E-state index is 5.86. The highest BCUT2D eigenvalue weighted by Gasteiger charge is 2.22. The van der Waals surface area contributed by atoms with Crippen LogP contribution in [0.25, 0.3) is 11.1 Å². The highest BCUT2D eigenvalue weighted by Crippen LogP contribution is 2.38. The molecule has 4 N–H and O–H groups in total. The van der Waals surface area contributed by atoms with E-state index in [1.807, 2.05) is 18.2 Å². The lowest BCUT2D eigenvalue weighted by Crippen LogP contribution is -2.03. The van der Waals surface area contributed by atoms with Gasteiger partial charge in [-0.1, -0.05) is 24.3 Å². The van der Waals surface area contributed by atoms with Crippen LogP contribution in [0, 0.1) is 0 Å². The Hall–Kier alpha value is -2.10. The van der Waals surface area contributed by atoms with Gasteiger partial charge >= 0.3 is 0 Å². The molecule has 1 heterocycles. The lowest BCUT2D eigenvalue weighted by molar-refractivity contribution is 1.09. The van der Waals surface area contributed by atoms with E-state index < -0.39 is 0 Å². The second-order valence-corrected chi connectivity index (χ2v) is 3.62. The van der Waals surface area contributed by atoms with Gasteiger partial charge in [0.2, 0.25) is 5.95 Å². The molecule has 1 aromatic carbocycles. The summed E-state index contributed by atoms with van der Waals surface area (Å²) in [5, 5.41) is 0. The first kappa shape index (κ1) is 8.23. The standard InChI is InChI=1S/C11H10N4/c12-10-9-7-4-2-1-3-6(7)5-8(9)14-11(13)15-10/h1-4H,5H2,(H4,12,13,14,15). The highest BCUT2D eigenvalue weighted by molar-refractivity contribution is 5.83. The van der Waals surface area contributed by atoms with E-state index in [4.69, 9.17) is 11.5 Å². The van der Waals surface area contributed by atoms with Crippen LogP contribution in [-0.2, 0) is 6.42 Å². The van der Waals surface area contributed by atoms with E-state index in [1.165, 1.54) is 5.56 Å². The molecule has 15 heavy (non-hydrogen) atoms. The van der Waals surface area contributed by atoms with Crippen molar-refractivity contribution in [2.75, 3.05) is 11.5 Å². The van der Waals surface area contributed by atoms with Gasteiger partial charge < -0.3 is 11.5 Å². The SMILES string of the molecule is Nc1nc(N)c2c(n1)Cc1ccccc1-2. The molecule has 1 aliphatic rings. The Bertz CT molecular complexity index is 548. The van der Waals surface area contributed by atoms with Crippen molar-refractivity contribution in [1.82, 2.24) is 9.97 Å². The van der Waals surface area contributed by atoms with E-state index in [0.29, 0.717) is 5.82 Å². The maximum Gasteiger partial charge on any atom is 0.222 e. The summed E-state index contributed by atoms with van der Waals surface area (Å²) in [5.74, 6) is 0.724. The van der Waals surface area contributed by atoms with Crippen molar-refractivity contribution in [2.24, 2.45) is 0 Å². The van der Waals surface area contributed by atoms with Gasteiger partial charge in [0.1, 0.15) is 5.82 Å². The predicted octanol–water partition coefficient (Wildman–Crippen LogP) is 1.21. The van der Waals surface area contributed by atoms with Gasteiger partial charge in [0.25, 0.3) is 0 Å². The monoisotopic (exact) mass is 198 g/mol. The number of benzene rings is 1. The molecule has 74 valence electrons. The van der Waals surface area contributed by atoms with Crippen LogP contribution in [0.4, 0.5) is 11.8 Å². The van der Waals surface area contributed by atoms with Crippen LogP contribution in [0.15, 0.2) is 24.3 Å². The lowest BCUT2D eigenvalue weighted by Gasteiger charge is -2.03. The number of aromatic nitrogens is 2. The third-order valence-electron chi connectivity index (χ3n) is 2.67. The smallest absolute Gasteiger partial charge is 0.222 e. The van der Waals surface area contributed by atoms with Crippen LogP contribution in [0.1, 0.15) is 11.3 Å². The largest absolute Gasteiger partial charge is 0.383 e. The zero-order chi connectivity index (χ0) is 10.4. The van der Waals surface area contributed by atoms with Crippen LogP contribution in [0.5, 0.6) is 0 Å². The van der Waals surface area contributed by atoms with E-state index in [0.717, 1.165) is 23.2 Å². The molecular formula is C11H10N4. The molecule has 1 aromatic heterocycles. The molecule has 2 aromatic rings. The Morgan fingerprint density at radius 3 is 2.73 bits per heavy atom. The minimum Gasteiger partial charge on any atom is -0.383 e. The van der Waals surface area contributed by atoms with Crippen LogP contribution in [0.3, 0.4) is 0 Å². The molecule has 0 saturated heterocycles. The minimum absolute atomic E-state index is 0.249. The van der Waals surface area contributed by atoms with Crippen molar-refractivity contribution in [2.45, 2.75) is 6.42 Å². The van der Waals surface area contributed by atoms with Crippen molar-refractivity contribution < 1.29 is 0 Å². The number of nitrogens with two attached hydrogens (primary N) is 2. The van der Waals surface area contributed by atoms with Gasteiger partial charge in [-0.25, -0.2) is 4.98 Å². The van der Waals surface area contributed by atoms with E-state index in [2.05, 4.69) is 16.0 Å². The second kappa shape index (κ2) is 2.70. The Kier molecular flexibility index (Phi) is 1.48. The molecule has 1 aliphatic carbocycles. The van der Waals surface area contributed by atoms with Gasteiger partial charge in [-0.2, -0.15) is 4.98 Å². The molecular weight excluding hydrogens is 188 g/mol. The van der Waals surface area contributed by atoms with E-state index in [9.17, 15) is 0 Å². The molecule has 0 radical (unpaired) electrons. The van der Waals surface area contributed by atoms with Gasteiger partial charge in [0.05, 0.1) is 5.69 Å². The number of nitrogen functional groups attached to an aromatic ring is 2. The molecule has 0 fully saturated rings. The average molecular weight is 198 g/mol. The second-order valence-electron chi connectivity index (χ2n) is 3.62. The van der Waals surface area contributed by atoms with Crippen molar-refractivity contribution >= 4 is 11.8 Å². The molecule has 0 bridgehead atoms. The van der Waals surface area contributed by atoms with Crippen molar-refractivity contribution in [1.29, 1.82) is 0 Å². The Morgan fingerprint density at radius 2 is 1.87 bits per heavy atom. The summed E-state index contributed by atoms with van der Waals surface area (Å²) in [5.41, 5.74) is 15.7. The van der Waals surface area contributed by atoms with E-state index in [1.54, 1.807) is 0 Å². The fourth-order valence-corrected chi connectivity index (χ4v) is 2.07. The lowest BCUT2D eigenvalue weighted by atomic mass is 10.1. The number of anilines is 2. The normalized spacial score (nSPS) is 12.3. The third kappa shape index (κ3) is 1.08. The first-order valence-electron chi connectivity index (χ1n) is 4.76. The topological polar surface area (TPSA) is 77.8 Å². The molecule has 3 rings (SSSR count). The summed E-state index contributed by atoms with van der Waals surface area (Å²) in [4.78, 5) is 8.20. The van der Waals surface area contributed by atoms with Gasteiger partial charge in [0, 0.05) is 12.0 Å². The average Bonchev–Trinajstić information content (AvgIpc) is 2.54. The highest BCUT2D eigenvalue weighted by atomic mass is 15.0. The Balaban J connectivity index is 2.33. The predicted molar refractivity (Wildman–Crippen MR) is 59.1 cm³/mol. The fourth-order valence-electron chi connectivity index (χ4n) is 2.07. The molecule has 4 heteroatoms. The van der Waals surface area contributed by atoms with Crippen molar-refractivity contribution in [3.63, 3.8) is 0 Å². The molecule has 0 aliphatic heterocycles. The van der Waals surface area contributed by atoms with Crippen molar-refractivity contribution in [3.05, 3.63) is 35.5 Å². The zero-order valence-corrected chi connectivity index (χ0v) is 8.07. The molecule has 0 atom stereocenters. The summed E-state index contributed by atoms with van der Waals surface area (Å²) >= 11 is 0. The van der Waals surface area contributed by atoms with Gasteiger partial charge in [-0.15, -0.1) is 0 Å². The Labute approximate surface area is 87.0 Å². The molecule has 0 saturated carbocycles. The summed E-state index contributed by atoms with van der Waals surface area (Å²) in [6.45, 7) is 0. The first-order valence-corrected chi connectivity index (χ1v) is 4.76. The van der Waals surface area contributed by atoms with Crippen LogP contribution < -0.4 is 11.5 Å². The Morgan fingerprint density at radius 1 is 1.07 bits per heavy atom. The van der Waals surface area contributed by atoms with Crippen molar-refractivity contribution in [3.8, 4) is 11.1 Å². The summed E-state index contributed by atoms with van der Waals surface area (Å²) in [7, 11) is 0. The molecule has 4 nitrogen and oxygen atoms in total. The molecule has 0 unspecified atom stereocenters. The third-order valence-corrected chi connectivity index (χ3v) is 2.67. The van der Waals surface area contributed by atoms with Crippen LogP contribution in [-0.4, -0.2) is 9.97 Å². The van der Waals surface area contributed by atoms with Gasteiger partial charge in [-0.05, 0) is 11.1 Å². The number of fused-ring (bicyclic) bond motifs is 3. The fraction of sp³-hybridized carbons (Fsp3) is 0.0909. The number of hydrogen-bond donors (Lipinski definition) is 2. The first-order chi connectivity index (χ1) is 7.25. The summed E-state index contributed by atoms with van der Waals surface area (Å²) in [6, 6.07) is 8.12. The quantitative estimate of drug-likeness (QED) is 0.569. The van der Waals surface area contributed by atoms with Gasteiger partial charge in [0.15, 0.2) is 0 Å². The van der Waals surface area contributed by atoms with Crippen LogP contribution >= 0.6 is 0 Å². The van der Waals surface area contributed by atoms with Gasteiger partial charge in [-0.3, -0.25) is 0 Å². The van der Waals surface area contributed by atoms with Crippen LogP contribution in [0.2, 0.25) is 0 Å².